The molecule has 5 nitrogen and oxygen atoms in total. The van der Waals surface area contributed by atoms with Crippen molar-refractivity contribution in [3.05, 3.63) is 42.2 Å². The van der Waals surface area contributed by atoms with Crippen molar-refractivity contribution in [1.82, 2.24) is 9.78 Å². The van der Waals surface area contributed by atoms with E-state index >= 15 is 0 Å². The highest BCUT2D eigenvalue weighted by molar-refractivity contribution is 5.43. The van der Waals surface area contributed by atoms with Gasteiger partial charge < -0.3 is 15.2 Å². The molecular formula is C16H23N3O2. The Morgan fingerprint density at radius 1 is 1.33 bits per heavy atom. The van der Waals surface area contributed by atoms with Crippen molar-refractivity contribution in [3.8, 4) is 11.5 Å². The summed E-state index contributed by atoms with van der Waals surface area (Å²) in [4.78, 5) is 0. The van der Waals surface area contributed by atoms with Crippen molar-refractivity contribution in [2.45, 2.75) is 32.4 Å². The van der Waals surface area contributed by atoms with E-state index in [2.05, 4.69) is 12.0 Å². The summed E-state index contributed by atoms with van der Waals surface area (Å²) < 4.78 is 13.0. The molecule has 2 aromatic rings. The fraction of sp³-hybridized carbons (Fsp3) is 0.438. The van der Waals surface area contributed by atoms with Crippen molar-refractivity contribution in [2.75, 3.05) is 13.7 Å². The van der Waals surface area contributed by atoms with Crippen LogP contribution in [0.4, 0.5) is 0 Å². The summed E-state index contributed by atoms with van der Waals surface area (Å²) in [5, 5.41) is 4.14. The molecule has 0 spiro atoms. The first-order valence-corrected chi connectivity index (χ1v) is 7.25. The Morgan fingerprint density at radius 3 is 2.86 bits per heavy atom. The Morgan fingerprint density at radius 2 is 2.19 bits per heavy atom. The molecule has 2 rings (SSSR count). The van der Waals surface area contributed by atoms with Crippen molar-refractivity contribution >= 4 is 0 Å². The van der Waals surface area contributed by atoms with Gasteiger partial charge in [0, 0.05) is 18.4 Å². The van der Waals surface area contributed by atoms with Crippen molar-refractivity contribution in [3.63, 3.8) is 0 Å². The van der Waals surface area contributed by atoms with E-state index in [0.717, 1.165) is 24.3 Å². The smallest absolute Gasteiger partial charge is 0.161 e. The highest BCUT2D eigenvalue weighted by Gasteiger charge is 2.08. The molecule has 1 atom stereocenters. The Labute approximate surface area is 125 Å². The second-order valence-electron chi connectivity index (χ2n) is 4.98. The quantitative estimate of drug-likeness (QED) is 0.809. The topological polar surface area (TPSA) is 62.3 Å². The minimum atomic E-state index is 0.182. The zero-order chi connectivity index (χ0) is 15.1. The normalized spacial score (nSPS) is 12.1. The summed E-state index contributed by atoms with van der Waals surface area (Å²) in [6.07, 6.45) is 5.48. The lowest BCUT2D eigenvalue weighted by Gasteiger charge is -2.14. The van der Waals surface area contributed by atoms with E-state index in [1.165, 1.54) is 5.56 Å². The van der Waals surface area contributed by atoms with Gasteiger partial charge in [-0.3, -0.25) is 4.68 Å². The lowest BCUT2D eigenvalue weighted by molar-refractivity contribution is 0.274. The van der Waals surface area contributed by atoms with Crippen LogP contribution in [-0.2, 0) is 13.0 Å². The van der Waals surface area contributed by atoms with Crippen LogP contribution in [0.25, 0.3) is 0 Å². The van der Waals surface area contributed by atoms with Crippen molar-refractivity contribution in [2.24, 2.45) is 5.73 Å². The minimum absolute atomic E-state index is 0.182. The molecule has 0 aliphatic carbocycles. The molecule has 0 amide bonds. The van der Waals surface area contributed by atoms with E-state index in [1.807, 2.05) is 35.1 Å². The van der Waals surface area contributed by atoms with Crippen LogP contribution >= 0.6 is 0 Å². The van der Waals surface area contributed by atoms with Crippen molar-refractivity contribution in [1.29, 1.82) is 0 Å². The lowest BCUT2D eigenvalue weighted by Crippen LogP contribution is -2.21. The van der Waals surface area contributed by atoms with Crippen LogP contribution in [0.1, 0.15) is 18.9 Å². The molecule has 0 radical (unpaired) electrons. The number of aromatic nitrogens is 2. The number of hydrogen-bond acceptors (Lipinski definition) is 4. The summed E-state index contributed by atoms with van der Waals surface area (Å²) in [7, 11) is 1.65. The largest absolute Gasteiger partial charge is 0.493 e. The Bertz CT molecular complexity index is 540. The molecule has 0 saturated carbocycles. The minimum Gasteiger partial charge on any atom is -0.493 e. The number of nitrogens with zero attached hydrogens (tertiary/aromatic N) is 2. The summed E-state index contributed by atoms with van der Waals surface area (Å²) in [6.45, 7) is 3.35. The van der Waals surface area contributed by atoms with Gasteiger partial charge in [-0.15, -0.1) is 0 Å². The number of benzene rings is 1. The zero-order valence-corrected chi connectivity index (χ0v) is 12.7. The van der Waals surface area contributed by atoms with E-state index in [4.69, 9.17) is 15.2 Å². The number of nitrogens with two attached hydrogens (primary N) is 1. The Kier molecular flexibility index (Phi) is 5.63. The number of ether oxygens (including phenoxy) is 2. The molecule has 0 saturated heterocycles. The average molecular weight is 289 g/mol. The summed E-state index contributed by atoms with van der Waals surface area (Å²) >= 11 is 0. The fourth-order valence-electron chi connectivity index (χ4n) is 2.09. The van der Waals surface area contributed by atoms with E-state index in [0.29, 0.717) is 13.2 Å². The summed E-state index contributed by atoms with van der Waals surface area (Å²) in [5.41, 5.74) is 7.15. The lowest BCUT2D eigenvalue weighted by atomic mass is 10.0. The van der Waals surface area contributed by atoms with Gasteiger partial charge in [0.25, 0.3) is 0 Å². The molecule has 1 aromatic heterocycles. The molecule has 5 heteroatoms. The Hall–Kier alpha value is -2.01. The number of hydrogen-bond donors (Lipinski definition) is 1. The molecule has 2 N–H and O–H groups in total. The van der Waals surface area contributed by atoms with Gasteiger partial charge in [-0.05, 0) is 36.6 Å². The van der Waals surface area contributed by atoms with Crippen LogP contribution in [0.3, 0.4) is 0 Å². The van der Waals surface area contributed by atoms with E-state index < -0.39 is 0 Å². The predicted octanol–water partition coefficient (Wildman–Crippen LogP) is 2.25. The first kappa shape index (κ1) is 15.4. The third-order valence-corrected chi connectivity index (χ3v) is 3.39. The summed E-state index contributed by atoms with van der Waals surface area (Å²) in [5.74, 6) is 1.50. The highest BCUT2D eigenvalue weighted by atomic mass is 16.5. The van der Waals surface area contributed by atoms with Crippen LogP contribution in [0.5, 0.6) is 11.5 Å². The van der Waals surface area contributed by atoms with Gasteiger partial charge in [0.15, 0.2) is 11.5 Å². The number of methoxy groups -OCH3 is 1. The monoisotopic (exact) mass is 289 g/mol. The van der Waals surface area contributed by atoms with E-state index in [-0.39, 0.29) is 6.04 Å². The molecular weight excluding hydrogens is 266 g/mol. The Balaban J connectivity index is 1.95. The standard InChI is InChI=1S/C16H23N3O2/c1-3-14(17)11-13-5-6-15(16(12-13)20-2)21-10-9-19-8-4-7-18-19/h4-8,12,14H,3,9-11,17H2,1-2H3. The van der Waals surface area contributed by atoms with E-state index in [1.54, 1.807) is 13.3 Å². The number of rotatable bonds is 8. The first-order valence-electron chi connectivity index (χ1n) is 7.25. The molecule has 0 aliphatic heterocycles. The van der Waals surface area contributed by atoms with Crippen LogP contribution in [0.15, 0.2) is 36.7 Å². The maximum absolute atomic E-state index is 5.99. The summed E-state index contributed by atoms with van der Waals surface area (Å²) in [6, 6.07) is 8.06. The average Bonchev–Trinajstić information content (AvgIpc) is 3.01. The van der Waals surface area contributed by atoms with Gasteiger partial charge in [0.05, 0.1) is 13.7 Å². The van der Waals surface area contributed by atoms with Crippen LogP contribution in [0.2, 0.25) is 0 Å². The van der Waals surface area contributed by atoms with E-state index in [9.17, 15) is 0 Å². The molecule has 1 aromatic carbocycles. The van der Waals surface area contributed by atoms with Gasteiger partial charge in [-0.25, -0.2) is 0 Å². The van der Waals surface area contributed by atoms with Gasteiger partial charge in [0.1, 0.15) is 6.61 Å². The van der Waals surface area contributed by atoms with Crippen LogP contribution < -0.4 is 15.2 Å². The predicted molar refractivity (Wildman–Crippen MR) is 82.7 cm³/mol. The van der Waals surface area contributed by atoms with Gasteiger partial charge in [0.2, 0.25) is 0 Å². The molecule has 1 unspecified atom stereocenters. The second-order valence-corrected chi connectivity index (χ2v) is 4.98. The van der Waals surface area contributed by atoms with Crippen LogP contribution in [0, 0.1) is 0 Å². The molecule has 0 aliphatic rings. The maximum atomic E-state index is 5.99. The molecule has 0 fully saturated rings. The van der Waals surface area contributed by atoms with Gasteiger partial charge in [-0.1, -0.05) is 13.0 Å². The maximum Gasteiger partial charge on any atom is 0.161 e. The van der Waals surface area contributed by atoms with Crippen LogP contribution in [-0.4, -0.2) is 29.5 Å². The molecule has 21 heavy (non-hydrogen) atoms. The molecule has 1 heterocycles. The SMILES string of the molecule is CCC(N)Cc1ccc(OCCn2cccn2)c(OC)c1. The fourth-order valence-corrected chi connectivity index (χ4v) is 2.09. The van der Waals surface area contributed by atoms with Gasteiger partial charge >= 0.3 is 0 Å². The molecule has 0 bridgehead atoms. The third kappa shape index (κ3) is 4.49. The van der Waals surface area contributed by atoms with Gasteiger partial charge in [-0.2, -0.15) is 5.10 Å². The highest BCUT2D eigenvalue weighted by Crippen LogP contribution is 2.28. The third-order valence-electron chi connectivity index (χ3n) is 3.39. The first-order chi connectivity index (χ1) is 10.2. The van der Waals surface area contributed by atoms with Crippen molar-refractivity contribution < 1.29 is 9.47 Å². The zero-order valence-electron chi connectivity index (χ0n) is 12.7. The molecule has 114 valence electrons. The second kappa shape index (κ2) is 7.69.